The first-order valence-corrected chi connectivity index (χ1v) is 8.12. The van der Waals surface area contributed by atoms with Crippen molar-refractivity contribution in [1.82, 2.24) is 15.5 Å². The first-order chi connectivity index (χ1) is 10.4. The van der Waals surface area contributed by atoms with Gasteiger partial charge in [-0.25, -0.2) is 0 Å². The van der Waals surface area contributed by atoms with Gasteiger partial charge in [0.2, 0.25) is 0 Å². The van der Waals surface area contributed by atoms with Gasteiger partial charge in [-0.05, 0) is 31.1 Å². The van der Waals surface area contributed by atoms with Crippen LogP contribution in [0.1, 0.15) is 39.0 Å². The zero-order valence-corrected chi connectivity index (χ0v) is 13.5. The van der Waals surface area contributed by atoms with Crippen molar-refractivity contribution < 1.29 is 13.2 Å². The van der Waals surface area contributed by atoms with Gasteiger partial charge in [0.15, 0.2) is 5.96 Å². The molecule has 1 aliphatic heterocycles. The highest BCUT2D eigenvalue weighted by Crippen LogP contribution is 2.42. The van der Waals surface area contributed by atoms with Crippen LogP contribution in [0.2, 0.25) is 0 Å². The quantitative estimate of drug-likeness (QED) is 0.603. The molecule has 2 rings (SSSR count). The molecule has 2 aliphatic rings. The molecule has 7 heteroatoms. The minimum absolute atomic E-state index is 0.0347. The summed E-state index contributed by atoms with van der Waals surface area (Å²) >= 11 is 0. The summed E-state index contributed by atoms with van der Waals surface area (Å²) in [5.41, 5.74) is 0.385. The van der Waals surface area contributed by atoms with Crippen LogP contribution < -0.4 is 10.6 Å². The molecular weight excluding hydrogens is 293 g/mol. The summed E-state index contributed by atoms with van der Waals surface area (Å²) in [5.74, 6) is 0.707. The van der Waals surface area contributed by atoms with Crippen molar-refractivity contribution in [2.75, 3.05) is 33.2 Å². The molecule has 0 aromatic rings. The van der Waals surface area contributed by atoms with Crippen LogP contribution in [0.5, 0.6) is 0 Å². The van der Waals surface area contributed by atoms with Gasteiger partial charge in [0, 0.05) is 32.7 Å². The highest BCUT2D eigenvalue weighted by Gasteiger charge is 2.36. The van der Waals surface area contributed by atoms with E-state index in [2.05, 4.69) is 22.5 Å². The minimum atomic E-state index is -4.12. The van der Waals surface area contributed by atoms with Crippen molar-refractivity contribution in [2.45, 2.75) is 51.2 Å². The van der Waals surface area contributed by atoms with Crippen molar-refractivity contribution in [3.8, 4) is 0 Å². The lowest BCUT2D eigenvalue weighted by molar-refractivity contribution is -0.143. The maximum Gasteiger partial charge on any atom is 0.401 e. The molecule has 0 aromatic heterocycles. The smallest absolute Gasteiger partial charge is 0.356 e. The second kappa shape index (κ2) is 7.06. The van der Waals surface area contributed by atoms with Crippen LogP contribution in [-0.4, -0.2) is 56.3 Å². The monoisotopic (exact) mass is 320 g/mol. The molecule has 2 fully saturated rings. The van der Waals surface area contributed by atoms with Crippen molar-refractivity contribution in [3.63, 3.8) is 0 Å². The van der Waals surface area contributed by atoms with E-state index in [9.17, 15) is 13.2 Å². The van der Waals surface area contributed by atoms with Crippen LogP contribution in [0.3, 0.4) is 0 Å². The Kier molecular flexibility index (Phi) is 5.58. The number of likely N-dealkylation sites (tertiary alicyclic amines) is 1. The molecule has 1 atom stereocenters. The van der Waals surface area contributed by atoms with Gasteiger partial charge in [0.05, 0.1) is 6.54 Å². The predicted molar refractivity (Wildman–Crippen MR) is 82.0 cm³/mol. The molecule has 1 unspecified atom stereocenters. The fraction of sp³-hybridized carbons (Fsp3) is 0.933. The van der Waals surface area contributed by atoms with Gasteiger partial charge in [0.25, 0.3) is 0 Å². The average Bonchev–Trinajstić information content (AvgIpc) is 2.81. The molecular formula is C15H27F3N4. The van der Waals surface area contributed by atoms with E-state index < -0.39 is 12.7 Å². The maximum atomic E-state index is 12.4. The molecule has 1 aliphatic carbocycles. The van der Waals surface area contributed by atoms with E-state index in [0.29, 0.717) is 24.5 Å². The van der Waals surface area contributed by atoms with Crippen LogP contribution in [0.4, 0.5) is 13.2 Å². The van der Waals surface area contributed by atoms with Gasteiger partial charge in [-0.3, -0.25) is 9.89 Å². The summed E-state index contributed by atoms with van der Waals surface area (Å²) in [6.45, 7) is 3.17. The molecule has 1 saturated heterocycles. The lowest BCUT2D eigenvalue weighted by Gasteiger charge is -2.41. The van der Waals surface area contributed by atoms with Gasteiger partial charge in [-0.2, -0.15) is 13.2 Å². The molecule has 4 nitrogen and oxygen atoms in total. The second-order valence-corrected chi connectivity index (χ2v) is 6.61. The van der Waals surface area contributed by atoms with E-state index in [1.54, 1.807) is 7.05 Å². The Morgan fingerprint density at radius 2 is 2.09 bits per heavy atom. The van der Waals surface area contributed by atoms with E-state index in [1.165, 1.54) is 24.2 Å². The topological polar surface area (TPSA) is 39.7 Å². The van der Waals surface area contributed by atoms with Crippen molar-refractivity contribution >= 4 is 5.96 Å². The van der Waals surface area contributed by atoms with Gasteiger partial charge < -0.3 is 10.6 Å². The summed E-state index contributed by atoms with van der Waals surface area (Å²) in [7, 11) is 1.71. The van der Waals surface area contributed by atoms with Crippen LogP contribution in [0.25, 0.3) is 0 Å². The van der Waals surface area contributed by atoms with Gasteiger partial charge >= 0.3 is 6.18 Å². The fourth-order valence-corrected chi connectivity index (χ4v) is 3.34. The molecule has 0 amide bonds. The first-order valence-electron chi connectivity index (χ1n) is 8.12. The summed E-state index contributed by atoms with van der Waals surface area (Å²) in [6, 6.07) is 0.0347. The van der Waals surface area contributed by atoms with Crippen LogP contribution >= 0.6 is 0 Å². The zero-order valence-electron chi connectivity index (χ0n) is 13.5. The van der Waals surface area contributed by atoms with Crippen LogP contribution in [0.15, 0.2) is 4.99 Å². The van der Waals surface area contributed by atoms with Crippen molar-refractivity contribution in [3.05, 3.63) is 0 Å². The summed E-state index contributed by atoms with van der Waals surface area (Å²) < 4.78 is 37.2. The van der Waals surface area contributed by atoms with E-state index in [-0.39, 0.29) is 6.04 Å². The number of rotatable bonds is 5. The summed E-state index contributed by atoms with van der Waals surface area (Å²) in [6.07, 6.45) is 1.53. The zero-order chi connectivity index (χ0) is 16.2. The fourth-order valence-electron chi connectivity index (χ4n) is 3.34. The Morgan fingerprint density at radius 3 is 2.59 bits per heavy atom. The SMILES string of the molecule is CCC1(CNC(=NC)NC2CCN(CC(F)(F)F)C2)CCC1. The van der Waals surface area contributed by atoms with E-state index >= 15 is 0 Å². The normalized spacial score (nSPS) is 25.9. The van der Waals surface area contributed by atoms with Crippen molar-refractivity contribution in [1.29, 1.82) is 0 Å². The van der Waals surface area contributed by atoms with Gasteiger partial charge in [-0.15, -0.1) is 0 Å². The largest absolute Gasteiger partial charge is 0.401 e. The molecule has 1 saturated carbocycles. The van der Waals surface area contributed by atoms with Crippen LogP contribution in [-0.2, 0) is 0 Å². The highest BCUT2D eigenvalue weighted by molar-refractivity contribution is 5.80. The Bertz CT molecular complexity index is 385. The molecule has 2 N–H and O–H groups in total. The predicted octanol–water partition coefficient (Wildman–Crippen LogP) is 2.37. The third-order valence-corrected chi connectivity index (χ3v) is 5.03. The number of guanidine groups is 1. The molecule has 1 heterocycles. The maximum absolute atomic E-state index is 12.4. The molecule has 128 valence electrons. The Balaban J connectivity index is 1.75. The second-order valence-electron chi connectivity index (χ2n) is 6.61. The Morgan fingerprint density at radius 1 is 1.36 bits per heavy atom. The standard InChI is InChI=1S/C15H27F3N4/c1-3-14(6-4-7-14)10-20-13(19-2)21-12-5-8-22(9-12)11-15(16,17)18/h12H,3-11H2,1-2H3,(H2,19,20,21). The highest BCUT2D eigenvalue weighted by atomic mass is 19.4. The third-order valence-electron chi connectivity index (χ3n) is 5.03. The molecule has 0 spiro atoms. The minimum Gasteiger partial charge on any atom is -0.356 e. The van der Waals surface area contributed by atoms with Gasteiger partial charge in [-0.1, -0.05) is 13.3 Å². The van der Waals surface area contributed by atoms with E-state index in [4.69, 9.17) is 0 Å². The van der Waals surface area contributed by atoms with E-state index in [0.717, 1.165) is 19.4 Å². The van der Waals surface area contributed by atoms with E-state index in [1.807, 2.05) is 0 Å². The molecule has 22 heavy (non-hydrogen) atoms. The molecule has 0 radical (unpaired) electrons. The number of nitrogens with one attached hydrogen (secondary N) is 2. The number of alkyl halides is 3. The number of hydrogen-bond donors (Lipinski definition) is 2. The number of halogens is 3. The first kappa shape index (κ1) is 17.4. The lowest BCUT2D eigenvalue weighted by Crippen LogP contribution is -2.49. The Hall–Kier alpha value is -0.980. The summed E-state index contributed by atoms with van der Waals surface area (Å²) in [5, 5.41) is 6.61. The number of nitrogens with zero attached hydrogens (tertiary/aromatic N) is 2. The number of aliphatic imine (C=N–C) groups is 1. The summed E-state index contributed by atoms with van der Waals surface area (Å²) in [4.78, 5) is 5.65. The number of hydrogen-bond acceptors (Lipinski definition) is 2. The Labute approximate surface area is 130 Å². The van der Waals surface area contributed by atoms with Crippen LogP contribution in [0, 0.1) is 5.41 Å². The molecule has 0 bridgehead atoms. The lowest BCUT2D eigenvalue weighted by atomic mass is 9.67. The van der Waals surface area contributed by atoms with Gasteiger partial charge in [0.1, 0.15) is 0 Å². The average molecular weight is 320 g/mol. The third kappa shape index (κ3) is 4.76. The van der Waals surface area contributed by atoms with Crippen molar-refractivity contribution in [2.24, 2.45) is 10.4 Å². The molecule has 0 aromatic carbocycles.